The lowest BCUT2D eigenvalue weighted by molar-refractivity contribution is 0.628. The van der Waals surface area contributed by atoms with Crippen molar-refractivity contribution in [1.82, 2.24) is 24.1 Å². The molecule has 132 valence electrons. The monoisotopic (exact) mass is 367 g/mol. The molecule has 3 aromatic heterocycles. The van der Waals surface area contributed by atoms with E-state index in [4.69, 9.17) is 0 Å². The molecule has 7 heteroatoms. The highest BCUT2D eigenvalue weighted by molar-refractivity contribution is 7.99. The van der Waals surface area contributed by atoms with Crippen LogP contribution in [0.25, 0.3) is 16.9 Å². The highest BCUT2D eigenvalue weighted by atomic mass is 32.2. The van der Waals surface area contributed by atoms with Gasteiger partial charge in [-0.3, -0.25) is 4.57 Å². The summed E-state index contributed by atoms with van der Waals surface area (Å²) in [5.41, 5.74) is 3.62. The van der Waals surface area contributed by atoms with Crippen LogP contribution in [0.3, 0.4) is 0 Å². The average Bonchev–Trinajstić information content (AvgIpc) is 3.14. The molecule has 5 nitrogen and oxygen atoms in total. The minimum Gasteiger partial charge on any atom is -0.349 e. The van der Waals surface area contributed by atoms with E-state index in [1.54, 1.807) is 30.2 Å². The third kappa shape index (κ3) is 2.88. The van der Waals surface area contributed by atoms with Gasteiger partial charge in [-0.2, -0.15) is 0 Å². The fraction of sp³-hybridized carbons (Fsp3) is 0.211. The lowest BCUT2D eigenvalue weighted by Gasteiger charge is -2.07. The van der Waals surface area contributed by atoms with Crippen molar-refractivity contribution in [3.63, 3.8) is 0 Å². The van der Waals surface area contributed by atoms with Gasteiger partial charge in [0.05, 0.1) is 21.8 Å². The summed E-state index contributed by atoms with van der Waals surface area (Å²) in [6.07, 6.45) is 7.45. The van der Waals surface area contributed by atoms with E-state index in [9.17, 15) is 4.39 Å². The number of hydrogen-bond acceptors (Lipinski definition) is 4. The van der Waals surface area contributed by atoms with Gasteiger partial charge in [-0.25, -0.2) is 19.3 Å². The molecule has 0 aliphatic heterocycles. The fourth-order valence-electron chi connectivity index (χ4n) is 3.03. The van der Waals surface area contributed by atoms with E-state index in [2.05, 4.69) is 15.0 Å². The highest BCUT2D eigenvalue weighted by Crippen LogP contribution is 2.37. The summed E-state index contributed by atoms with van der Waals surface area (Å²) in [4.78, 5) is 15.3. The number of fused-ring (bicyclic) bond motifs is 1. The first-order chi connectivity index (χ1) is 12.4. The third-order valence-corrected chi connectivity index (χ3v) is 5.45. The summed E-state index contributed by atoms with van der Waals surface area (Å²) in [7, 11) is 1.93. The van der Waals surface area contributed by atoms with Crippen LogP contribution in [0.4, 0.5) is 4.39 Å². The number of aryl methyl sites for hydroxylation is 4. The van der Waals surface area contributed by atoms with Crippen LogP contribution in [0.1, 0.15) is 17.0 Å². The lowest BCUT2D eigenvalue weighted by Crippen LogP contribution is -2.00. The first-order valence-electron chi connectivity index (χ1n) is 8.20. The van der Waals surface area contributed by atoms with Crippen LogP contribution in [0.2, 0.25) is 0 Å². The van der Waals surface area contributed by atoms with E-state index in [-0.39, 0.29) is 5.82 Å². The fourth-order valence-corrected chi connectivity index (χ4v) is 4.14. The topological polar surface area (TPSA) is 48.5 Å². The van der Waals surface area contributed by atoms with Crippen LogP contribution >= 0.6 is 11.8 Å². The molecule has 0 radical (unpaired) electrons. The predicted octanol–water partition coefficient (Wildman–Crippen LogP) is 4.37. The van der Waals surface area contributed by atoms with Gasteiger partial charge in [0.15, 0.2) is 0 Å². The summed E-state index contributed by atoms with van der Waals surface area (Å²) in [5.74, 6) is 0.385. The molecule has 26 heavy (non-hydrogen) atoms. The van der Waals surface area contributed by atoms with E-state index < -0.39 is 0 Å². The molecule has 0 fully saturated rings. The molecule has 0 aliphatic carbocycles. The van der Waals surface area contributed by atoms with Crippen molar-refractivity contribution in [1.29, 1.82) is 0 Å². The first-order valence-corrected chi connectivity index (χ1v) is 9.01. The van der Waals surface area contributed by atoms with Gasteiger partial charge in [-0.1, -0.05) is 11.8 Å². The number of hydrogen-bond donors (Lipinski definition) is 0. The number of halogens is 1. The SMILES string of the molecule is Cc1cn(-c2ncc(Sc3cn(C)c4cc(F)cc(C)c34)c(C)n2)cn1. The molecule has 4 aromatic rings. The molecule has 1 aromatic carbocycles. The second-order valence-electron chi connectivity index (χ2n) is 6.37. The molecular formula is C19H18FN5S. The number of aromatic nitrogens is 5. The summed E-state index contributed by atoms with van der Waals surface area (Å²) in [6, 6.07) is 3.14. The van der Waals surface area contributed by atoms with Gasteiger partial charge < -0.3 is 4.57 Å². The van der Waals surface area contributed by atoms with Crippen LogP contribution < -0.4 is 0 Å². The average molecular weight is 367 g/mol. The third-order valence-electron chi connectivity index (χ3n) is 4.30. The van der Waals surface area contributed by atoms with Crippen molar-refractivity contribution in [3.05, 3.63) is 59.8 Å². The minimum atomic E-state index is -0.216. The zero-order valence-electron chi connectivity index (χ0n) is 15.0. The van der Waals surface area contributed by atoms with Gasteiger partial charge in [-0.05, 0) is 38.5 Å². The van der Waals surface area contributed by atoms with E-state index in [1.807, 2.05) is 55.5 Å². The number of benzene rings is 1. The number of nitrogens with zero attached hydrogens (tertiary/aromatic N) is 5. The van der Waals surface area contributed by atoms with E-state index in [0.29, 0.717) is 5.95 Å². The smallest absolute Gasteiger partial charge is 0.235 e. The van der Waals surface area contributed by atoms with Crippen LogP contribution in [-0.4, -0.2) is 24.1 Å². The van der Waals surface area contributed by atoms with Crippen molar-refractivity contribution >= 4 is 22.7 Å². The normalized spacial score (nSPS) is 11.4. The Morgan fingerprint density at radius 1 is 1.04 bits per heavy atom. The van der Waals surface area contributed by atoms with Gasteiger partial charge >= 0.3 is 0 Å². The molecular weight excluding hydrogens is 349 g/mol. The molecule has 0 aliphatic rings. The second kappa shape index (κ2) is 6.25. The standard InChI is InChI=1S/C19H18FN5S/c1-11-5-14(20)6-15-18(11)17(9-24(15)4)26-16-7-21-19(23-13(16)3)25-8-12(2)22-10-25/h5-10H,1-4H3. The number of rotatable bonds is 3. The van der Waals surface area contributed by atoms with Crippen molar-refractivity contribution in [2.45, 2.75) is 30.6 Å². The van der Waals surface area contributed by atoms with E-state index in [0.717, 1.165) is 37.6 Å². The highest BCUT2D eigenvalue weighted by Gasteiger charge is 2.14. The Labute approximate surface area is 154 Å². The molecule has 0 N–H and O–H groups in total. The maximum absolute atomic E-state index is 13.7. The maximum Gasteiger partial charge on any atom is 0.235 e. The molecule has 0 amide bonds. The molecule has 4 rings (SSSR count). The molecule has 3 heterocycles. The summed E-state index contributed by atoms with van der Waals surface area (Å²) < 4.78 is 17.5. The van der Waals surface area contributed by atoms with Crippen LogP contribution in [0, 0.1) is 26.6 Å². The molecule has 0 saturated heterocycles. The van der Waals surface area contributed by atoms with Gasteiger partial charge in [0.25, 0.3) is 0 Å². The Balaban J connectivity index is 1.73. The Hall–Kier alpha value is -2.67. The minimum absolute atomic E-state index is 0.216. The quantitative estimate of drug-likeness (QED) is 0.539. The van der Waals surface area contributed by atoms with Gasteiger partial charge in [0.1, 0.15) is 12.1 Å². The van der Waals surface area contributed by atoms with Crippen molar-refractivity contribution in [2.24, 2.45) is 7.05 Å². The van der Waals surface area contributed by atoms with Crippen molar-refractivity contribution in [3.8, 4) is 5.95 Å². The molecule has 0 spiro atoms. The Morgan fingerprint density at radius 2 is 1.85 bits per heavy atom. The maximum atomic E-state index is 13.7. The lowest BCUT2D eigenvalue weighted by atomic mass is 10.1. The van der Waals surface area contributed by atoms with E-state index in [1.165, 1.54) is 0 Å². The van der Waals surface area contributed by atoms with Gasteiger partial charge in [0.2, 0.25) is 5.95 Å². The van der Waals surface area contributed by atoms with Crippen LogP contribution in [0.5, 0.6) is 0 Å². The summed E-state index contributed by atoms with van der Waals surface area (Å²) in [5, 5.41) is 1.06. The van der Waals surface area contributed by atoms with Crippen molar-refractivity contribution < 1.29 is 4.39 Å². The summed E-state index contributed by atoms with van der Waals surface area (Å²) in [6.45, 7) is 5.83. The molecule has 0 bridgehead atoms. The van der Waals surface area contributed by atoms with Gasteiger partial charge in [0, 0.05) is 35.9 Å². The van der Waals surface area contributed by atoms with E-state index >= 15 is 0 Å². The van der Waals surface area contributed by atoms with Crippen molar-refractivity contribution in [2.75, 3.05) is 0 Å². The van der Waals surface area contributed by atoms with Gasteiger partial charge in [-0.15, -0.1) is 0 Å². The zero-order chi connectivity index (χ0) is 18.4. The predicted molar refractivity (Wildman–Crippen MR) is 100 cm³/mol. The molecule has 0 atom stereocenters. The largest absolute Gasteiger partial charge is 0.349 e. The Bertz CT molecular complexity index is 1130. The zero-order valence-corrected chi connectivity index (χ0v) is 15.8. The van der Waals surface area contributed by atoms with Crippen LogP contribution in [0.15, 0.2) is 46.8 Å². The Morgan fingerprint density at radius 3 is 2.54 bits per heavy atom. The Kier molecular flexibility index (Phi) is 4.03. The molecule has 0 unspecified atom stereocenters. The second-order valence-corrected chi connectivity index (χ2v) is 7.45. The first kappa shape index (κ1) is 16.8. The molecule has 0 saturated carbocycles. The number of imidazole rings is 1. The van der Waals surface area contributed by atoms with Crippen LogP contribution in [-0.2, 0) is 7.05 Å². The summed E-state index contributed by atoms with van der Waals surface area (Å²) >= 11 is 1.60.